The highest BCUT2D eigenvalue weighted by atomic mass is 16.4. The maximum absolute atomic E-state index is 10.4. The van der Waals surface area contributed by atoms with Crippen LogP contribution in [-0.4, -0.2) is 36.8 Å². The van der Waals surface area contributed by atoms with Gasteiger partial charge in [-0.25, -0.2) is 4.68 Å². The fourth-order valence-corrected chi connectivity index (χ4v) is 1.12. The predicted octanol–water partition coefficient (Wildman–Crippen LogP) is 0.265. The van der Waals surface area contributed by atoms with E-state index in [1.54, 1.807) is 7.05 Å². The molecule has 0 aliphatic carbocycles. The second-order valence-corrected chi connectivity index (χ2v) is 4.03. The lowest BCUT2D eigenvalue weighted by molar-refractivity contribution is -0.137. The molecule has 1 aromatic heterocycles. The molecule has 7 nitrogen and oxygen atoms in total. The second kappa shape index (κ2) is 4.24. The molecular weight excluding hydrogens is 198 g/mol. The molecule has 0 bridgehead atoms. The molecule has 1 rings (SSSR count). The van der Waals surface area contributed by atoms with Gasteiger partial charge in [0.2, 0.25) is 5.95 Å². The third-order valence-electron chi connectivity index (χ3n) is 2.03. The summed E-state index contributed by atoms with van der Waals surface area (Å²) in [6.45, 7) is 3.81. The molecule has 0 aliphatic rings. The number of carbonyl (C=O) groups is 1. The van der Waals surface area contributed by atoms with E-state index in [1.165, 1.54) is 4.68 Å². The molecule has 0 amide bonds. The molecule has 0 aromatic carbocycles. The van der Waals surface area contributed by atoms with Crippen molar-refractivity contribution < 1.29 is 9.90 Å². The van der Waals surface area contributed by atoms with Crippen LogP contribution >= 0.6 is 0 Å². The molecular formula is C8H15N5O2. The normalized spacial score (nSPS) is 11.4. The lowest BCUT2D eigenvalue weighted by Crippen LogP contribution is -2.32. The number of aryl methyl sites for hydroxylation is 1. The predicted molar refractivity (Wildman–Crippen MR) is 53.4 cm³/mol. The van der Waals surface area contributed by atoms with Gasteiger partial charge in [0, 0.05) is 19.0 Å². The highest BCUT2D eigenvalue weighted by Gasteiger charge is 2.20. The molecule has 2 N–H and O–H groups in total. The van der Waals surface area contributed by atoms with Gasteiger partial charge in [-0.15, -0.1) is 0 Å². The summed E-state index contributed by atoms with van der Waals surface area (Å²) >= 11 is 0. The van der Waals surface area contributed by atoms with Crippen LogP contribution in [0.3, 0.4) is 0 Å². The Hall–Kier alpha value is -1.66. The van der Waals surface area contributed by atoms with Crippen LogP contribution in [0.15, 0.2) is 0 Å². The molecule has 0 spiro atoms. The largest absolute Gasteiger partial charge is 0.481 e. The lowest BCUT2D eigenvalue weighted by Gasteiger charge is -2.25. The first-order chi connectivity index (χ1) is 6.91. The van der Waals surface area contributed by atoms with Gasteiger partial charge in [-0.2, -0.15) is 0 Å². The van der Waals surface area contributed by atoms with Crippen LogP contribution in [0.5, 0.6) is 0 Å². The van der Waals surface area contributed by atoms with E-state index in [0.717, 1.165) is 0 Å². The average molecular weight is 213 g/mol. The molecule has 0 fully saturated rings. The van der Waals surface area contributed by atoms with Crippen molar-refractivity contribution in [2.75, 3.05) is 5.32 Å². The first-order valence-corrected chi connectivity index (χ1v) is 4.63. The van der Waals surface area contributed by atoms with E-state index in [-0.39, 0.29) is 12.0 Å². The lowest BCUT2D eigenvalue weighted by atomic mass is 9.99. The van der Waals surface area contributed by atoms with Crippen LogP contribution in [-0.2, 0) is 11.8 Å². The van der Waals surface area contributed by atoms with Crippen molar-refractivity contribution in [3.63, 3.8) is 0 Å². The minimum absolute atomic E-state index is 0.116. The summed E-state index contributed by atoms with van der Waals surface area (Å²) in [6, 6.07) is 0. The quantitative estimate of drug-likeness (QED) is 0.729. The number of rotatable bonds is 5. The van der Waals surface area contributed by atoms with Crippen LogP contribution in [0.1, 0.15) is 26.7 Å². The molecule has 7 heteroatoms. The van der Waals surface area contributed by atoms with E-state index >= 15 is 0 Å². The third-order valence-corrected chi connectivity index (χ3v) is 2.03. The first-order valence-electron chi connectivity index (χ1n) is 4.63. The summed E-state index contributed by atoms with van der Waals surface area (Å²) < 4.78 is 1.50. The minimum Gasteiger partial charge on any atom is -0.481 e. The van der Waals surface area contributed by atoms with Gasteiger partial charge in [-0.3, -0.25) is 4.79 Å². The van der Waals surface area contributed by atoms with Crippen molar-refractivity contribution in [2.45, 2.75) is 32.2 Å². The molecule has 0 unspecified atom stereocenters. The topological polar surface area (TPSA) is 92.9 Å². The Morgan fingerprint density at radius 3 is 2.73 bits per heavy atom. The number of hydrogen-bond donors (Lipinski definition) is 2. The maximum atomic E-state index is 10.4. The SMILES string of the molecule is Cn1nnnc1NC(C)(C)CCC(=O)O. The van der Waals surface area contributed by atoms with Gasteiger partial charge in [-0.05, 0) is 30.7 Å². The number of carboxylic acids is 1. The molecule has 0 radical (unpaired) electrons. The average Bonchev–Trinajstić information content (AvgIpc) is 2.48. The number of carboxylic acid groups (broad SMARTS) is 1. The third kappa shape index (κ3) is 3.53. The van der Waals surface area contributed by atoms with Gasteiger partial charge in [0.1, 0.15) is 0 Å². The van der Waals surface area contributed by atoms with Crippen molar-refractivity contribution in [3.8, 4) is 0 Å². The number of anilines is 1. The standard InChI is InChI=1S/C8H15N5O2/c1-8(2,5-4-6(14)15)9-7-10-11-12-13(7)3/h4-5H2,1-3H3,(H,14,15)(H,9,10,12). The number of hydrogen-bond acceptors (Lipinski definition) is 5. The van der Waals surface area contributed by atoms with Gasteiger partial charge < -0.3 is 10.4 Å². The monoisotopic (exact) mass is 213 g/mol. The molecule has 1 heterocycles. The Labute approximate surface area is 87.5 Å². The Morgan fingerprint density at radius 2 is 2.27 bits per heavy atom. The van der Waals surface area contributed by atoms with Crippen LogP contribution in [0, 0.1) is 0 Å². The van der Waals surface area contributed by atoms with Gasteiger partial charge in [0.05, 0.1) is 0 Å². The van der Waals surface area contributed by atoms with Crippen LogP contribution in [0.25, 0.3) is 0 Å². The van der Waals surface area contributed by atoms with Gasteiger partial charge in [0.25, 0.3) is 0 Å². The Balaban J connectivity index is 2.56. The minimum atomic E-state index is -0.805. The number of aromatic nitrogens is 4. The zero-order chi connectivity index (χ0) is 11.5. The number of nitrogens with one attached hydrogen (secondary N) is 1. The van der Waals surface area contributed by atoms with E-state index in [2.05, 4.69) is 20.8 Å². The Kier molecular flexibility index (Phi) is 3.23. The summed E-state index contributed by atoms with van der Waals surface area (Å²) in [4.78, 5) is 10.4. The van der Waals surface area contributed by atoms with Crippen molar-refractivity contribution >= 4 is 11.9 Å². The van der Waals surface area contributed by atoms with E-state index in [0.29, 0.717) is 12.4 Å². The molecule has 15 heavy (non-hydrogen) atoms. The summed E-state index contributed by atoms with van der Waals surface area (Å²) in [7, 11) is 1.72. The fraction of sp³-hybridized carbons (Fsp3) is 0.750. The van der Waals surface area contributed by atoms with E-state index in [4.69, 9.17) is 5.11 Å². The zero-order valence-corrected chi connectivity index (χ0v) is 9.06. The van der Waals surface area contributed by atoms with Gasteiger partial charge in [0.15, 0.2) is 0 Å². The Morgan fingerprint density at radius 1 is 1.60 bits per heavy atom. The molecule has 0 aliphatic heterocycles. The zero-order valence-electron chi connectivity index (χ0n) is 9.06. The highest BCUT2D eigenvalue weighted by Crippen LogP contribution is 2.16. The fourth-order valence-electron chi connectivity index (χ4n) is 1.12. The van der Waals surface area contributed by atoms with E-state index < -0.39 is 5.97 Å². The molecule has 84 valence electrons. The number of aliphatic carboxylic acids is 1. The van der Waals surface area contributed by atoms with E-state index in [9.17, 15) is 4.79 Å². The maximum Gasteiger partial charge on any atom is 0.303 e. The summed E-state index contributed by atoms with van der Waals surface area (Å²) in [5.41, 5.74) is -0.346. The molecule has 0 atom stereocenters. The van der Waals surface area contributed by atoms with Crippen LogP contribution < -0.4 is 5.32 Å². The van der Waals surface area contributed by atoms with Crippen molar-refractivity contribution in [2.24, 2.45) is 7.05 Å². The highest BCUT2D eigenvalue weighted by molar-refractivity contribution is 5.66. The number of tetrazole rings is 1. The summed E-state index contributed by atoms with van der Waals surface area (Å²) in [6.07, 6.45) is 0.625. The van der Waals surface area contributed by atoms with Crippen molar-refractivity contribution in [1.82, 2.24) is 20.2 Å². The van der Waals surface area contributed by atoms with Gasteiger partial charge in [-0.1, -0.05) is 5.10 Å². The van der Waals surface area contributed by atoms with Gasteiger partial charge >= 0.3 is 5.97 Å². The van der Waals surface area contributed by atoms with Crippen molar-refractivity contribution in [3.05, 3.63) is 0 Å². The molecule has 0 saturated heterocycles. The summed E-state index contributed by atoms with van der Waals surface area (Å²) in [5, 5.41) is 22.6. The second-order valence-electron chi connectivity index (χ2n) is 4.03. The number of nitrogens with zero attached hydrogens (tertiary/aromatic N) is 4. The Bertz CT molecular complexity index is 347. The van der Waals surface area contributed by atoms with Crippen molar-refractivity contribution in [1.29, 1.82) is 0 Å². The van der Waals surface area contributed by atoms with E-state index in [1.807, 2.05) is 13.8 Å². The smallest absolute Gasteiger partial charge is 0.303 e. The first kappa shape index (κ1) is 11.4. The molecule has 0 saturated carbocycles. The summed E-state index contributed by atoms with van der Waals surface area (Å²) in [5.74, 6) is -0.272. The van der Waals surface area contributed by atoms with Crippen LogP contribution in [0.4, 0.5) is 5.95 Å². The van der Waals surface area contributed by atoms with Crippen LogP contribution in [0.2, 0.25) is 0 Å². The molecule has 1 aromatic rings.